The van der Waals surface area contributed by atoms with Crippen molar-refractivity contribution in [1.29, 1.82) is 0 Å². The molecule has 2 amide bonds. The van der Waals surface area contributed by atoms with Crippen molar-refractivity contribution < 1.29 is 9.59 Å². The van der Waals surface area contributed by atoms with E-state index in [-0.39, 0.29) is 24.3 Å². The van der Waals surface area contributed by atoms with Gasteiger partial charge < -0.3 is 5.32 Å². The molecule has 1 unspecified atom stereocenters. The van der Waals surface area contributed by atoms with Crippen LogP contribution in [0.15, 0.2) is 22.7 Å². The van der Waals surface area contributed by atoms with Gasteiger partial charge in [-0.15, -0.1) is 0 Å². The topological polar surface area (TPSA) is 49.4 Å². The summed E-state index contributed by atoms with van der Waals surface area (Å²) >= 11 is 3.45. The van der Waals surface area contributed by atoms with Crippen molar-refractivity contribution in [3.05, 3.63) is 28.2 Å². The van der Waals surface area contributed by atoms with Gasteiger partial charge in [0.05, 0.1) is 6.54 Å². The first kappa shape index (κ1) is 15.0. The van der Waals surface area contributed by atoms with E-state index < -0.39 is 6.04 Å². The molecule has 4 nitrogen and oxygen atoms in total. The van der Waals surface area contributed by atoms with Crippen molar-refractivity contribution in [2.75, 3.05) is 11.4 Å². The summed E-state index contributed by atoms with van der Waals surface area (Å²) in [6.45, 7) is 6.03. The highest BCUT2D eigenvalue weighted by Crippen LogP contribution is 2.30. The SMILES string of the molecule is CCc1cc(Br)ccc1N1C(=O)CNC(=O)C1C(C)C. The van der Waals surface area contributed by atoms with Crippen molar-refractivity contribution in [1.82, 2.24) is 5.32 Å². The molecule has 0 saturated carbocycles. The number of carbonyl (C=O) groups is 2. The molecule has 1 aromatic carbocycles. The molecule has 1 aromatic rings. The number of hydrogen-bond donors (Lipinski definition) is 1. The van der Waals surface area contributed by atoms with Gasteiger partial charge in [-0.1, -0.05) is 36.7 Å². The van der Waals surface area contributed by atoms with Crippen LogP contribution in [0, 0.1) is 5.92 Å². The molecule has 1 atom stereocenters. The van der Waals surface area contributed by atoms with Gasteiger partial charge in [0.15, 0.2) is 0 Å². The number of nitrogens with one attached hydrogen (secondary N) is 1. The fourth-order valence-corrected chi connectivity index (χ4v) is 2.99. The number of halogens is 1. The third-order valence-electron chi connectivity index (χ3n) is 3.54. The number of rotatable bonds is 3. The van der Waals surface area contributed by atoms with Crippen LogP contribution in [0.3, 0.4) is 0 Å². The van der Waals surface area contributed by atoms with Gasteiger partial charge in [0, 0.05) is 10.2 Å². The molecule has 1 aliphatic rings. The van der Waals surface area contributed by atoms with Gasteiger partial charge >= 0.3 is 0 Å². The highest BCUT2D eigenvalue weighted by atomic mass is 79.9. The fourth-order valence-electron chi connectivity index (χ4n) is 2.58. The zero-order valence-corrected chi connectivity index (χ0v) is 13.5. The molecule has 1 N–H and O–H groups in total. The lowest BCUT2D eigenvalue weighted by Gasteiger charge is -2.38. The predicted molar refractivity (Wildman–Crippen MR) is 82.6 cm³/mol. The molecule has 0 aromatic heterocycles. The van der Waals surface area contributed by atoms with Crippen LogP contribution in [0.5, 0.6) is 0 Å². The minimum atomic E-state index is -0.442. The maximum absolute atomic E-state index is 12.3. The van der Waals surface area contributed by atoms with E-state index in [1.165, 1.54) is 0 Å². The number of carbonyl (C=O) groups excluding carboxylic acids is 2. The standard InChI is InChI=1S/C15H19BrN2O2/c1-4-10-7-11(16)5-6-12(10)18-13(19)8-17-15(20)14(18)9(2)3/h5-7,9,14H,4,8H2,1-3H3,(H,17,20). The number of amides is 2. The Kier molecular flexibility index (Phi) is 4.48. The maximum Gasteiger partial charge on any atom is 0.247 e. The van der Waals surface area contributed by atoms with Crippen LogP contribution < -0.4 is 10.2 Å². The molecule has 0 bridgehead atoms. The summed E-state index contributed by atoms with van der Waals surface area (Å²) in [7, 11) is 0. The van der Waals surface area contributed by atoms with Gasteiger partial charge in [-0.2, -0.15) is 0 Å². The molecule has 108 valence electrons. The minimum Gasteiger partial charge on any atom is -0.345 e. The molecule has 1 heterocycles. The highest BCUT2D eigenvalue weighted by molar-refractivity contribution is 9.10. The van der Waals surface area contributed by atoms with Crippen LogP contribution in [0.2, 0.25) is 0 Å². The lowest BCUT2D eigenvalue weighted by Crippen LogP contribution is -2.60. The number of piperazine rings is 1. The smallest absolute Gasteiger partial charge is 0.247 e. The summed E-state index contributed by atoms with van der Waals surface area (Å²) < 4.78 is 0.980. The highest BCUT2D eigenvalue weighted by Gasteiger charge is 2.38. The lowest BCUT2D eigenvalue weighted by molar-refractivity contribution is -0.131. The molecule has 5 heteroatoms. The van der Waals surface area contributed by atoms with Crippen LogP contribution in [0.4, 0.5) is 5.69 Å². The Hall–Kier alpha value is -1.36. The number of benzene rings is 1. The monoisotopic (exact) mass is 338 g/mol. The zero-order chi connectivity index (χ0) is 14.9. The van der Waals surface area contributed by atoms with E-state index in [9.17, 15) is 9.59 Å². The third-order valence-corrected chi connectivity index (χ3v) is 4.04. The Labute approximate surface area is 127 Å². The largest absolute Gasteiger partial charge is 0.345 e. The van der Waals surface area contributed by atoms with Gasteiger partial charge in [0.2, 0.25) is 11.8 Å². The Balaban J connectivity index is 2.51. The van der Waals surface area contributed by atoms with Gasteiger partial charge in [0.25, 0.3) is 0 Å². The maximum atomic E-state index is 12.3. The first-order valence-corrected chi connectivity index (χ1v) is 7.63. The van der Waals surface area contributed by atoms with Gasteiger partial charge in [-0.05, 0) is 36.1 Å². The van der Waals surface area contributed by atoms with E-state index in [4.69, 9.17) is 0 Å². The Morgan fingerprint density at radius 3 is 2.70 bits per heavy atom. The van der Waals surface area contributed by atoms with Gasteiger partial charge in [0.1, 0.15) is 6.04 Å². The quantitative estimate of drug-likeness (QED) is 0.920. The van der Waals surface area contributed by atoms with E-state index in [0.717, 1.165) is 22.1 Å². The summed E-state index contributed by atoms with van der Waals surface area (Å²) in [5.41, 5.74) is 1.90. The van der Waals surface area contributed by atoms with Crippen LogP contribution in [0.1, 0.15) is 26.3 Å². The van der Waals surface area contributed by atoms with Gasteiger partial charge in [-0.3, -0.25) is 14.5 Å². The van der Waals surface area contributed by atoms with E-state index in [0.29, 0.717) is 0 Å². The summed E-state index contributed by atoms with van der Waals surface area (Å²) in [6.07, 6.45) is 0.811. The molecule has 0 radical (unpaired) electrons. The fraction of sp³-hybridized carbons (Fsp3) is 0.467. The average molecular weight is 339 g/mol. The van der Waals surface area contributed by atoms with Crippen molar-refractivity contribution in [3.63, 3.8) is 0 Å². The lowest BCUT2D eigenvalue weighted by atomic mass is 9.97. The van der Waals surface area contributed by atoms with Crippen molar-refractivity contribution in [2.24, 2.45) is 5.92 Å². The van der Waals surface area contributed by atoms with E-state index in [2.05, 4.69) is 21.2 Å². The Bertz CT molecular complexity index is 543. The Morgan fingerprint density at radius 2 is 2.10 bits per heavy atom. The number of hydrogen-bond acceptors (Lipinski definition) is 2. The normalized spacial score (nSPS) is 19.4. The van der Waals surface area contributed by atoms with Crippen molar-refractivity contribution in [2.45, 2.75) is 33.2 Å². The van der Waals surface area contributed by atoms with Crippen LogP contribution in [-0.2, 0) is 16.0 Å². The molecule has 0 aliphatic carbocycles. The second-order valence-corrected chi connectivity index (χ2v) is 6.21. The molecule has 1 aliphatic heterocycles. The van der Waals surface area contributed by atoms with Crippen molar-refractivity contribution >= 4 is 33.4 Å². The first-order valence-electron chi connectivity index (χ1n) is 6.84. The average Bonchev–Trinajstić information content (AvgIpc) is 2.40. The minimum absolute atomic E-state index is 0.0553. The summed E-state index contributed by atoms with van der Waals surface area (Å²) in [6, 6.07) is 5.38. The second kappa shape index (κ2) is 5.95. The van der Waals surface area contributed by atoms with E-state index >= 15 is 0 Å². The van der Waals surface area contributed by atoms with Crippen LogP contribution in [-0.4, -0.2) is 24.4 Å². The summed E-state index contributed by atoms with van der Waals surface area (Å²) in [5, 5.41) is 2.67. The Morgan fingerprint density at radius 1 is 1.40 bits per heavy atom. The first-order chi connectivity index (χ1) is 9.45. The molecule has 20 heavy (non-hydrogen) atoms. The zero-order valence-electron chi connectivity index (χ0n) is 11.9. The number of aryl methyl sites for hydroxylation is 1. The van der Waals surface area contributed by atoms with E-state index in [1.807, 2.05) is 39.0 Å². The predicted octanol–water partition coefficient (Wildman–Crippen LogP) is 2.50. The van der Waals surface area contributed by atoms with E-state index in [1.54, 1.807) is 4.90 Å². The third kappa shape index (κ3) is 2.73. The molecular formula is C15H19BrN2O2. The van der Waals surface area contributed by atoms with Crippen LogP contribution in [0.25, 0.3) is 0 Å². The summed E-state index contributed by atoms with van der Waals surface area (Å²) in [4.78, 5) is 26.1. The second-order valence-electron chi connectivity index (χ2n) is 5.30. The summed E-state index contributed by atoms with van der Waals surface area (Å²) in [5.74, 6) is -0.0718. The van der Waals surface area contributed by atoms with Crippen molar-refractivity contribution in [3.8, 4) is 0 Å². The number of anilines is 1. The van der Waals surface area contributed by atoms with Crippen LogP contribution >= 0.6 is 15.9 Å². The molecule has 2 rings (SSSR count). The molecule has 1 fully saturated rings. The molecule has 0 spiro atoms. The molecule has 1 saturated heterocycles. The number of nitrogens with zero attached hydrogens (tertiary/aromatic N) is 1. The van der Waals surface area contributed by atoms with Gasteiger partial charge in [-0.25, -0.2) is 0 Å². The molecular weight excluding hydrogens is 320 g/mol.